The van der Waals surface area contributed by atoms with Crippen molar-refractivity contribution in [3.05, 3.63) is 59.2 Å². The van der Waals surface area contributed by atoms with Crippen molar-refractivity contribution in [2.45, 2.75) is 33.6 Å². The quantitative estimate of drug-likeness (QED) is 0.510. The lowest BCUT2D eigenvalue weighted by molar-refractivity contribution is -0.147. The third kappa shape index (κ3) is 3.79. The highest BCUT2D eigenvalue weighted by Gasteiger charge is 2.17. The molecule has 0 unspecified atom stereocenters. The molecule has 0 radical (unpaired) electrons. The number of nitrogens with zero attached hydrogens (tertiary/aromatic N) is 3. The highest BCUT2D eigenvalue weighted by atomic mass is 16.7. The lowest BCUT2D eigenvalue weighted by Crippen LogP contribution is -2.09. The average molecular weight is 339 g/mol. The first kappa shape index (κ1) is 17.0. The minimum atomic E-state index is -0.380. The molecule has 0 atom stereocenters. The van der Waals surface area contributed by atoms with E-state index in [1.807, 2.05) is 42.6 Å². The molecule has 2 aromatic heterocycles. The Kier molecular flexibility index (Phi) is 4.97. The lowest BCUT2D eigenvalue weighted by atomic mass is 10.1. The Labute approximate surface area is 146 Å². The van der Waals surface area contributed by atoms with Crippen LogP contribution in [-0.2, 0) is 22.4 Å². The van der Waals surface area contributed by atoms with Gasteiger partial charge < -0.3 is 9.47 Å². The number of aryl methyl sites for hydroxylation is 2. The standard InChI is InChI=1S/C19H21N3O3/c1-4-16-19(25-12-24-14(3)23)22-11-13(2)20-17(18(22)21-16)10-15-8-6-5-7-9-15/h5-9,11H,4,10,12H2,1-3H3. The number of aromatic nitrogens is 3. The maximum absolute atomic E-state index is 11.0. The van der Waals surface area contributed by atoms with E-state index in [1.54, 1.807) is 0 Å². The van der Waals surface area contributed by atoms with Gasteiger partial charge in [0.05, 0.1) is 11.4 Å². The molecule has 130 valence electrons. The first-order valence-corrected chi connectivity index (χ1v) is 8.26. The highest BCUT2D eigenvalue weighted by molar-refractivity contribution is 5.65. The Morgan fingerprint density at radius 1 is 1.16 bits per heavy atom. The van der Waals surface area contributed by atoms with Crippen molar-refractivity contribution >= 4 is 11.6 Å². The molecule has 0 aliphatic heterocycles. The third-order valence-electron chi connectivity index (χ3n) is 3.83. The minimum absolute atomic E-state index is 0.133. The van der Waals surface area contributed by atoms with Gasteiger partial charge in [0.1, 0.15) is 5.69 Å². The topological polar surface area (TPSA) is 65.7 Å². The minimum Gasteiger partial charge on any atom is -0.440 e. The normalized spacial score (nSPS) is 10.8. The van der Waals surface area contributed by atoms with Crippen molar-refractivity contribution in [3.63, 3.8) is 0 Å². The second-order valence-electron chi connectivity index (χ2n) is 5.80. The average Bonchev–Trinajstić information content (AvgIpc) is 2.93. The number of hydrogen-bond donors (Lipinski definition) is 0. The summed E-state index contributed by atoms with van der Waals surface area (Å²) in [5.41, 5.74) is 4.52. The van der Waals surface area contributed by atoms with Gasteiger partial charge in [-0.3, -0.25) is 14.2 Å². The second-order valence-corrected chi connectivity index (χ2v) is 5.80. The van der Waals surface area contributed by atoms with E-state index in [1.165, 1.54) is 12.5 Å². The Hall–Kier alpha value is -2.89. The van der Waals surface area contributed by atoms with Gasteiger partial charge in [-0.2, -0.15) is 0 Å². The number of ether oxygens (including phenoxy) is 2. The third-order valence-corrected chi connectivity index (χ3v) is 3.83. The van der Waals surface area contributed by atoms with Gasteiger partial charge in [0.25, 0.3) is 0 Å². The van der Waals surface area contributed by atoms with E-state index >= 15 is 0 Å². The summed E-state index contributed by atoms with van der Waals surface area (Å²) in [6, 6.07) is 10.2. The SMILES string of the molecule is CCc1nc2c(Cc3ccccc3)nc(C)cn2c1OCOC(C)=O. The van der Waals surface area contributed by atoms with Crippen LogP contribution in [0.25, 0.3) is 5.65 Å². The molecular formula is C19H21N3O3. The van der Waals surface area contributed by atoms with Crippen LogP contribution < -0.4 is 4.74 Å². The number of hydrogen-bond acceptors (Lipinski definition) is 5. The monoisotopic (exact) mass is 339 g/mol. The first-order valence-electron chi connectivity index (χ1n) is 8.26. The molecule has 2 heterocycles. The Bertz CT molecular complexity index is 888. The van der Waals surface area contributed by atoms with E-state index in [2.05, 4.69) is 17.1 Å². The van der Waals surface area contributed by atoms with Crippen molar-refractivity contribution in [2.75, 3.05) is 6.79 Å². The number of rotatable bonds is 6. The maximum Gasteiger partial charge on any atom is 0.305 e. The molecular weight excluding hydrogens is 318 g/mol. The van der Waals surface area contributed by atoms with E-state index in [0.717, 1.165) is 22.7 Å². The first-order chi connectivity index (χ1) is 12.1. The van der Waals surface area contributed by atoms with E-state index < -0.39 is 0 Å². The molecule has 3 rings (SSSR count). The summed E-state index contributed by atoms with van der Waals surface area (Å²) >= 11 is 0. The molecule has 0 aliphatic rings. The van der Waals surface area contributed by atoms with Crippen LogP contribution in [0.5, 0.6) is 5.88 Å². The van der Waals surface area contributed by atoms with Crippen LogP contribution in [0, 0.1) is 6.92 Å². The summed E-state index contributed by atoms with van der Waals surface area (Å²) in [5, 5.41) is 0. The van der Waals surface area contributed by atoms with E-state index in [4.69, 9.17) is 14.5 Å². The fourth-order valence-electron chi connectivity index (χ4n) is 2.73. The smallest absolute Gasteiger partial charge is 0.305 e. The van der Waals surface area contributed by atoms with Crippen molar-refractivity contribution < 1.29 is 14.3 Å². The lowest BCUT2D eigenvalue weighted by Gasteiger charge is -2.09. The van der Waals surface area contributed by atoms with Gasteiger partial charge in [-0.25, -0.2) is 4.98 Å². The van der Waals surface area contributed by atoms with Gasteiger partial charge in [-0.1, -0.05) is 37.3 Å². The van der Waals surface area contributed by atoms with Crippen LogP contribution in [0.4, 0.5) is 0 Å². The van der Waals surface area contributed by atoms with E-state index in [9.17, 15) is 4.79 Å². The van der Waals surface area contributed by atoms with Gasteiger partial charge in [-0.15, -0.1) is 0 Å². The number of benzene rings is 1. The largest absolute Gasteiger partial charge is 0.440 e. The predicted molar refractivity (Wildman–Crippen MR) is 93.6 cm³/mol. The zero-order valence-corrected chi connectivity index (χ0v) is 14.7. The van der Waals surface area contributed by atoms with Gasteiger partial charge in [0, 0.05) is 19.5 Å². The summed E-state index contributed by atoms with van der Waals surface area (Å²) in [4.78, 5) is 20.3. The number of fused-ring (bicyclic) bond motifs is 1. The molecule has 0 N–H and O–H groups in total. The molecule has 0 saturated carbocycles. The van der Waals surface area contributed by atoms with Crippen LogP contribution in [0.1, 0.15) is 36.5 Å². The Morgan fingerprint density at radius 3 is 2.60 bits per heavy atom. The van der Waals surface area contributed by atoms with E-state index in [-0.39, 0.29) is 12.8 Å². The molecule has 1 aromatic carbocycles. The van der Waals surface area contributed by atoms with Crippen molar-refractivity contribution in [1.29, 1.82) is 0 Å². The molecule has 6 heteroatoms. The zero-order chi connectivity index (χ0) is 17.8. The summed E-state index contributed by atoms with van der Waals surface area (Å²) in [5.74, 6) is 0.216. The van der Waals surface area contributed by atoms with E-state index in [0.29, 0.717) is 18.7 Å². The molecule has 6 nitrogen and oxygen atoms in total. The molecule has 0 aliphatic carbocycles. The van der Waals surface area contributed by atoms with Gasteiger partial charge in [0.15, 0.2) is 5.65 Å². The van der Waals surface area contributed by atoms with Crippen LogP contribution in [0.15, 0.2) is 36.5 Å². The van der Waals surface area contributed by atoms with Crippen LogP contribution in [0.3, 0.4) is 0 Å². The van der Waals surface area contributed by atoms with Crippen molar-refractivity contribution in [3.8, 4) is 5.88 Å². The number of esters is 1. The Morgan fingerprint density at radius 2 is 1.92 bits per heavy atom. The summed E-state index contributed by atoms with van der Waals surface area (Å²) < 4.78 is 12.5. The number of imidazole rings is 1. The second kappa shape index (κ2) is 7.34. The molecule has 0 bridgehead atoms. The van der Waals surface area contributed by atoms with Gasteiger partial charge in [0.2, 0.25) is 12.7 Å². The van der Waals surface area contributed by atoms with Crippen LogP contribution in [0.2, 0.25) is 0 Å². The van der Waals surface area contributed by atoms with Crippen LogP contribution >= 0.6 is 0 Å². The van der Waals surface area contributed by atoms with Crippen molar-refractivity contribution in [1.82, 2.24) is 14.4 Å². The fraction of sp³-hybridized carbons (Fsp3) is 0.316. The molecule has 0 amide bonds. The highest BCUT2D eigenvalue weighted by Crippen LogP contribution is 2.25. The summed E-state index contributed by atoms with van der Waals surface area (Å²) in [6.45, 7) is 5.17. The zero-order valence-electron chi connectivity index (χ0n) is 14.7. The Balaban J connectivity index is 2.01. The van der Waals surface area contributed by atoms with Gasteiger partial charge >= 0.3 is 5.97 Å². The maximum atomic E-state index is 11.0. The predicted octanol–water partition coefficient (Wildman–Crippen LogP) is 3.09. The molecule has 0 fully saturated rings. The molecule has 3 aromatic rings. The van der Waals surface area contributed by atoms with Crippen molar-refractivity contribution in [2.24, 2.45) is 0 Å². The fourth-order valence-corrected chi connectivity index (χ4v) is 2.73. The van der Waals surface area contributed by atoms with Gasteiger partial charge in [-0.05, 0) is 18.9 Å². The number of carbonyl (C=O) groups excluding carboxylic acids is 1. The molecule has 0 spiro atoms. The number of carbonyl (C=O) groups is 1. The molecule has 0 saturated heterocycles. The van der Waals surface area contributed by atoms with Crippen LogP contribution in [-0.4, -0.2) is 27.1 Å². The summed E-state index contributed by atoms with van der Waals surface area (Å²) in [7, 11) is 0. The summed E-state index contributed by atoms with van der Waals surface area (Å²) in [6.07, 6.45) is 3.29. The molecule has 25 heavy (non-hydrogen) atoms.